The highest BCUT2D eigenvalue weighted by atomic mass is 32.1. The van der Waals surface area contributed by atoms with E-state index in [-0.39, 0.29) is 0 Å². The number of hydrogen-bond acceptors (Lipinski definition) is 5. The Kier molecular flexibility index (Phi) is 4.02. The summed E-state index contributed by atoms with van der Waals surface area (Å²) in [6.07, 6.45) is 2.66. The van der Waals surface area contributed by atoms with Crippen molar-refractivity contribution in [2.24, 2.45) is 5.41 Å². The fraction of sp³-hybridized carbons (Fsp3) is 0.667. The molecule has 1 aromatic rings. The average Bonchev–Trinajstić information content (AvgIpc) is 2.72. The van der Waals surface area contributed by atoms with E-state index in [1.165, 1.54) is 17.9 Å². The minimum atomic E-state index is -0.760. The minimum Gasteiger partial charge on any atom is -0.481 e. The second kappa shape index (κ2) is 5.06. The molecule has 1 rings (SSSR count). The van der Waals surface area contributed by atoms with Crippen LogP contribution >= 0.6 is 11.5 Å². The number of carbonyl (C=O) groups is 1. The van der Waals surface area contributed by atoms with Gasteiger partial charge in [0.05, 0.1) is 5.41 Å². The van der Waals surface area contributed by atoms with Crippen molar-refractivity contribution < 1.29 is 9.90 Å². The van der Waals surface area contributed by atoms with Crippen molar-refractivity contribution in [1.29, 1.82) is 0 Å². The Labute approximate surface area is 92.7 Å². The first kappa shape index (κ1) is 11.9. The molecule has 0 aliphatic rings. The molecule has 1 aromatic heterocycles. The minimum absolute atomic E-state index is 0.393. The van der Waals surface area contributed by atoms with Gasteiger partial charge in [-0.05, 0) is 12.8 Å². The topological polar surface area (TPSA) is 75.1 Å². The number of hydrogen-bond donors (Lipinski definition) is 2. The predicted molar refractivity (Wildman–Crippen MR) is 59.0 cm³/mol. The van der Waals surface area contributed by atoms with Crippen LogP contribution < -0.4 is 5.32 Å². The van der Waals surface area contributed by atoms with Gasteiger partial charge in [-0.25, -0.2) is 4.98 Å². The first-order valence-corrected chi connectivity index (χ1v) is 5.66. The Morgan fingerprint density at radius 3 is 2.67 bits per heavy atom. The second-order valence-corrected chi connectivity index (χ2v) is 4.17. The molecule has 6 heteroatoms. The van der Waals surface area contributed by atoms with Crippen LogP contribution in [0.2, 0.25) is 0 Å². The van der Waals surface area contributed by atoms with Crippen molar-refractivity contribution in [3.05, 3.63) is 6.33 Å². The average molecular weight is 229 g/mol. The van der Waals surface area contributed by atoms with Crippen molar-refractivity contribution in [2.75, 3.05) is 11.9 Å². The van der Waals surface area contributed by atoms with Crippen molar-refractivity contribution in [3.8, 4) is 0 Å². The van der Waals surface area contributed by atoms with Crippen LogP contribution in [-0.4, -0.2) is 27.0 Å². The third-order valence-corrected chi connectivity index (χ3v) is 3.37. The lowest BCUT2D eigenvalue weighted by atomic mass is 9.82. The Bertz CT molecular complexity index is 309. The molecule has 0 saturated heterocycles. The van der Waals surface area contributed by atoms with Crippen LogP contribution in [0.3, 0.4) is 0 Å². The van der Waals surface area contributed by atoms with Crippen molar-refractivity contribution >= 4 is 22.6 Å². The maximum Gasteiger partial charge on any atom is 0.311 e. The highest BCUT2D eigenvalue weighted by Crippen LogP contribution is 2.27. The zero-order valence-electron chi connectivity index (χ0n) is 8.86. The molecule has 0 amide bonds. The van der Waals surface area contributed by atoms with Crippen LogP contribution in [0.1, 0.15) is 26.7 Å². The number of carboxylic acids is 1. The molecular weight excluding hydrogens is 214 g/mol. The fourth-order valence-electron chi connectivity index (χ4n) is 1.37. The highest BCUT2D eigenvalue weighted by molar-refractivity contribution is 7.09. The zero-order chi connectivity index (χ0) is 11.3. The van der Waals surface area contributed by atoms with Crippen molar-refractivity contribution in [3.63, 3.8) is 0 Å². The first-order valence-electron chi connectivity index (χ1n) is 4.88. The number of rotatable bonds is 6. The summed E-state index contributed by atoms with van der Waals surface area (Å²) in [4.78, 5) is 15.1. The quantitative estimate of drug-likeness (QED) is 0.778. The maximum atomic E-state index is 11.2. The van der Waals surface area contributed by atoms with Crippen LogP contribution in [-0.2, 0) is 4.79 Å². The van der Waals surface area contributed by atoms with Crippen LogP contribution in [0.5, 0.6) is 0 Å². The molecule has 15 heavy (non-hydrogen) atoms. The molecule has 84 valence electrons. The number of aliphatic carboxylic acids is 1. The lowest BCUT2D eigenvalue weighted by Gasteiger charge is -2.26. The lowest BCUT2D eigenvalue weighted by Crippen LogP contribution is -2.36. The fourth-order valence-corrected chi connectivity index (χ4v) is 1.80. The lowest BCUT2D eigenvalue weighted by molar-refractivity contribution is -0.148. The molecule has 0 spiro atoms. The predicted octanol–water partition coefficient (Wildman–Crippen LogP) is 1.84. The second-order valence-electron chi connectivity index (χ2n) is 3.39. The van der Waals surface area contributed by atoms with Crippen molar-refractivity contribution in [2.45, 2.75) is 26.7 Å². The van der Waals surface area contributed by atoms with Gasteiger partial charge in [-0.15, -0.1) is 0 Å². The summed E-state index contributed by atoms with van der Waals surface area (Å²) < 4.78 is 3.84. The van der Waals surface area contributed by atoms with Gasteiger partial charge in [-0.2, -0.15) is 4.37 Å². The van der Waals surface area contributed by atoms with Gasteiger partial charge in [0.1, 0.15) is 6.33 Å². The van der Waals surface area contributed by atoms with Gasteiger partial charge < -0.3 is 10.4 Å². The molecule has 0 unspecified atom stereocenters. The SMILES string of the molecule is CCC(CC)(CNc1ncns1)C(=O)O. The summed E-state index contributed by atoms with van der Waals surface area (Å²) in [7, 11) is 0. The monoisotopic (exact) mass is 229 g/mol. The molecule has 1 heterocycles. The van der Waals surface area contributed by atoms with E-state index in [0.29, 0.717) is 24.5 Å². The molecule has 0 aliphatic heterocycles. The Balaban J connectivity index is 2.63. The van der Waals surface area contributed by atoms with Crippen LogP contribution in [0, 0.1) is 5.41 Å². The maximum absolute atomic E-state index is 11.2. The molecule has 5 nitrogen and oxygen atoms in total. The summed E-state index contributed by atoms with van der Waals surface area (Å²) in [5.74, 6) is -0.760. The molecule has 0 fully saturated rings. The summed E-state index contributed by atoms with van der Waals surface area (Å²) in [5.41, 5.74) is -0.703. The van der Waals surface area contributed by atoms with E-state index in [4.69, 9.17) is 0 Å². The molecule has 0 saturated carbocycles. The van der Waals surface area contributed by atoms with Crippen LogP contribution in [0.4, 0.5) is 5.13 Å². The Hall–Kier alpha value is -1.17. The van der Waals surface area contributed by atoms with Gasteiger partial charge in [0.15, 0.2) is 0 Å². The van der Waals surface area contributed by atoms with Gasteiger partial charge in [0.2, 0.25) is 5.13 Å². The van der Waals surface area contributed by atoms with Gasteiger partial charge in [-0.1, -0.05) is 13.8 Å². The van der Waals surface area contributed by atoms with E-state index in [9.17, 15) is 9.90 Å². The first-order chi connectivity index (χ1) is 7.14. The number of anilines is 1. The van der Waals surface area contributed by atoms with Gasteiger partial charge in [0.25, 0.3) is 0 Å². The molecule has 2 N–H and O–H groups in total. The van der Waals surface area contributed by atoms with E-state index in [0.717, 1.165) is 0 Å². The third-order valence-electron chi connectivity index (χ3n) is 2.75. The molecular formula is C9H15N3O2S. The van der Waals surface area contributed by atoms with E-state index in [2.05, 4.69) is 14.7 Å². The zero-order valence-corrected chi connectivity index (χ0v) is 9.67. The number of carboxylic acid groups (broad SMARTS) is 1. The third kappa shape index (κ3) is 2.65. The number of aromatic nitrogens is 2. The van der Waals surface area contributed by atoms with E-state index in [1.807, 2.05) is 13.8 Å². The number of nitrogens with one attached hydrogen (secondary N) is 1. The van der Waals surface area contributed by atoms with Crippen molar-refractivity contribution in [1.82, 2.24) is 9.36 Å². The Morgan fingerprint density at radius 1 is 1.60 bits per heavy atom. The highest BCUT2D eigenvalue weighted by Gasteiger charge is 2.34. The standard InChI is InChI=1S/C9H15N3O2S/c1-3-9(4-2,7(13)14)5-10-8-11-6-12-15-8/h6H,3-5H2,1-2H3,(H,13,14)(H,10,11,12). The smallest absolute Gasteiger partial charge is 0.311 e. The molecule has 0 radical (unpaired) electrons. The Morgan fingerprint density at radius 2 is 2.27 bits per heavy atom. The molecule has 0 aromatic carbocycles. The summed E-state index contributed by atoms with van der Waals surface area (Å²) >= 11 is 1.23. The van der Waals surface area contributed by atoms with Gasteiger partial charge in [-0.3, -0.25) is 4.79 Å². The van der Waals surface area contributed by atoms with E-state index in [1.54, 1.807) is 0 Å². The van der Waals surface area contributed by atoms with E-state index >= 15 is 0 Å². The summed E-state index contributed by atoms with van der Waals surface area (Å²) in [6.45, 7) is 4.17. The van der Waals surface area contributed by atoms with Gasteiger partial charge >= 0.3 is 5.97 Å². The summed E-state index contributed by atoms with van der Waals surface area (Å²) in [5, 5.41) is 12.9. The molecule has 0 aliphatic carbocycles. The normalized spacial score (nSPS) is 11.3. The summed E-state index contributed by atoms with van der Waals surface area (Å²) in [6, 6.07) is 0. The van der Waals surface area contributed by atoms with Gasteiger partial charge in [0, 0.05) is 18.1 Å². The molecule has 0 bridgehead atoms. The van der Waals surface area contributed by atoms with Crippen LogP contribution in [0.25, 0.3) is 0 Å². The number of nitrogens with zero attached hydrogens (tertiary/aromatic N) is 2. The van der Waals surface area contributed by atoms with E-state index < -0.39 is 11.4 Å². The molecule has 0 atom stereocenters. The van der Waals surface area contributed by atoms with Crippen LogP contribution in [0.15, 0.2) is 6.33 Å². The largest absolute Gasteiger partial charge is 0.481 e.